The number of hydrogen-bond donors (Lipinski definition) is 3. The topological polar surface area (TPSA) is 73.5 Å². The van der Waals surface area contributed by atoms with Crippen molar-refractivity contribution in [3.63, 3.8) is 0 Å². The summed E-state index contributed by atoms with van der Waals surface area (Å²) in [6.45, 7) is 5.21. The molecule has 0 unspecified atom stereocenters. The Morgan fingerprint density at radius 3 is 2.57 bits per heavy atom. The molecule has 0 amide bonds. The molecule has 6 nitrogen and oxygen atoms in total. The summed E-state index contributed by atoms with van der Waals surface area (Å²) in [5, 5.41) is 10.6. The van der Waals surface area contributed by atoms with Crippen LogP contribution < -0.4 is 16.0 Å². The van der Waals surface area contributed by atoms with E-state index in [1.807, 2.05) is 0 Å². The average molecular weight is 427 g/mol. The molecule has 1 saturated carbocycles. The number of sulfonamides is 1. The third-order valence-corrected chi connectivity index (χ3v) is 7.32. The van der Waals surface area contributed by atoms with Crippen LogP contribution in [0, 0.1) is 5.92 Å². The number of anilines is 2. The zero-order valence-corrected chi connectivity index (χ0v) is 19.0. The quantitative estimate of drug-likeness (QED) is 0.431. The molecule has 1 aliphatic carbocycles. The van der Waals surface area contributed by atoms with E-state index in [-0.39, 0.29) is 4.90 Å². The lowest BCUT2D eigenvalue weighted by Crippen LogP contribution is -2.43. The zero-order valence-electron chi connectivity index (χ0n) is 17.4. The smallest absolute Gasteiger partial charge is 0.242 e. The largest absolute Gasteiger partial charge is 0.383 e. The molecule has 0 radical (unpaired) electrons. The molecule has 1 aromatic carbocycles. The van der Waals surface area contributed by atoms with Gasteiger partial charge in [-0.15, -0.1) is 0 Å². The predicted octanol–water partition coefficient (Wildman–Crippen LogP) is 4.01. The van der Waals surface area contributed by atoms with Gasteiger partial charge >= 0.3 is 0 Å². The lowest BCUT2D eigenvalue weighted by atomic mass is 9.86. The Hall–Kier alpha value is -1.38. The van der Waals surface area contributed by atoms with E-state index < -0.39 is 10.0 Å². The number of unbranched alkanes of at least 4 members (excludes halogenated alkanes) is 1. The summed E-state index contributed by atoms with van der Waals surface area (Å²) < 4.78 is 26.3. The van der Waals surface area contributed by atoms with Crippen LogP contribution in [0.5, 0.6) is 0 Å². The first kappa shape index (κ1) is 22.9. The summed E-state index contributed by atoms with van der Waals surface area (Å²) in [4.78, 5) is 0.245. The third-order valence-electron chi connectivity index (χ3n) is 5.29. The molecule has 0 bridgehead atoms. The Morgan fingerprint density at radius 2 is 1.93 bits per heavy atom. The van der Waals surface area contributed by atoms with Gasteiger partial charge in [0.1, 0.15) is 0 Å². The van der Waals surface area contributed by atoms with Gasteiger partial charge < -0.3 is 16.0 Å². The standard InChI is InChI=1S/C20H34N4O2S2/c1-5-6-13-21-18-12-11-16(28(25,26)24(3)4)14-19(18)23-20(27)22-17-10-8-7-9-15(17)2/h11-12,14-15,17,21H,5-10,13H2,1-4H3,(H2,22,23,27)/t15-,17+/m0/s1. The highest BCUT2D eigenvalue weighted by atomic mass is 32.2. The monoisotopic (exact) mass is 426 g/mol. The molecular weight excluding hydrogens is 392 g/mol. The Labute approximate surface area is 175 Å². The lowest BCUT2D eigenvalue weighted by molar-refractivity contribution is 0.309. The molecule has 0 spiro atoms. The molecular formula is C20H34N4O2S2. The molecule has 0 saturated heterocycles. The van der Waals surface area contributed by atoms with E-state index in [0.717, 1.165) is 31.5 Å². The van der Waals surface area contributed by atoms with Crippen molar-refractivity contribution in [3.05, 3.63) is 18.2 Å². The molecule has 2 atom stereocenters. The maximum Gasteiger partial charge on any atom is 0.242 e. The molecule has 0 aromatic heterocycles. The van der Waals surface area contributed by atoms with Crippen molar-refractivity contribution in [1.29, 1.82) is 0 Å². The average Bonchev–Trinajstić information content (AvgIpc) is 2.64. The Kier molecular flexibility index (Phi) is 8.52. The van der Waals surface area contributed by atoms with Gasteiger partial charge in [0, 0.05) is 26.7 Å². The number of rotatable bonds is 8. The molecule has 158 valence electrons. The van der Waals surface area contributed by atoms with E-state index in [0.29, 0.717) is 22.8 Å². The van der Waals surface area contributed by atoms with Crippen molar-refractivity contribution in [1.82, 2.24) is 9.62 Å². The van der Waals surface area contributed by atoms with Crippen LogP contribution in [0.25, 0.3) is 0 Å². The summed E-state index contributed by atoms with van der Waals surface area (Å²) in [6, 6.07) is 5.45. The molecule has 28 heavy (non-hydrogen) atoms. The van der Waals surface area contributed by atoms with Gasteiger partial charge in [0.15, 0.2) is 5.11 Å². The van der Waals surface area contributed by atoms with Crippen molar-refractivity contribution in [2.24, 2.45) is 5.92 Å². The Balaban J connectivity index is 2.20. The lowest BCUT2D eigenvalue weighted by Gasteiger charge is -2.30. The molecule has 3 N–H and O–H groups in total. The number of thiocarbonyl (C=S) groups is 1. The molecule has 1 fully saturated rings. The second kappa shape index (κ2) is 10.4. The molecule has 8 heteroatoms. The third kappa shape index (κ3) is 6.06. The first-order chi connectivity index (χ1) is 13.3. The van der Waals surface area contributed by atoms with Gasteiger partial charge in [-0.25, -0.2) is 12.7 Å². The maximum atomic E-state index is 12.5. The Bertz CT molecular complexity index is 765. The van der Waals surface area contributed by atoms with Gasteiger partial charge in [-0.05, 0) is 55.6 Å². The van der Waals surface area contributed by atoms with E-state index >= 15 is 0 Å². The molecule has 0 aliphatic heterocycles. The van der Waals surface area contributed by atoms with Crippen molar-refractivity contribution < 1.29 is 8.42 Å². The van der Waals surface area contributed by atoms with Crippen LogP contribution in [0.2, 0.25) is 0 Å². The van der Waals surface area contributed by atoms with E-state index in [2.05, 4.69) is 29.8 Å². The Morgan fingerprint density at radius 1 is 1.21 bits per heavy atom. The van der Waals surface area contributed by atoms with Crippen LogP contribution in [0.15, 0.2) is 23.1 Å². The van der Waals surface area contributed by atoms with Gasteiger partial charge in [0.2, 0.25) is 10.0 Å². The van der Waals surface area contributed by atoms with Crippen molar-refractivity contribution in [2.75, 3.05) is 31.3 Å². The normalized spacial score (nSPS) is 20.0. The first-order valence-corrected chi connectivity index (χ1v) is 12.0. The van der Waals surface area contributed by atoms with Gasteiger partial charge in [0.25, 0.3) is 0 Å². The fourth-order valence-electron chi connectivity index (χ4n) is 3.41. The molecule has 1 aromatic rings. The van der Waals surface area contributed by atoms with Gasteiger partial charge in [0.05, 0.1) is 16.3 Å². The van der Waals surface area contributed by atoms with Crippen LogP contribution in [0.4, 0.5) is 11.4 Å². The summed E-state index contributed by atoms with van der Waals surface area (Å²) in [7, 11) is -0.443. The molecule has 0 heterocycles. The first-order valence-electron chi connectivity index (χ1n) is 10.1. The number of hydrogen-bond acceptors (Lipinski definition) is 4. The maximum absolute atomic E-state index is 12.5. The van der Waals surface area contributed by atoms with Crippen molar-refractivity contribution in [2.45, 2.75) is 63.3 Å². The number of nitrogens with zero attached hydrogens (tertiary/aromatic N) is 1. The number of nitrogens with one attached hydrogen (secondary N) is 3. The van der Waals surface area contributed by atoms with Gasteiger partial charge in [-0.2, -0.15) is 0 Å². The fourth-order valence-corrected chi connectivity index (χ4v) is 4.60. The highest BCUT2D eigenvalue weighted by Gasteiger charge is 2.23. The van der Waals surface area contributed by atoms with Crippen LogP contribution in [0.3, 0.4) is 0 Å². The number of benzene rings is 1. The van der Waals surface area contributed by atoms with Gasteiger partial charge in [-0.1, -0.05) is 33.1 Å². The summed E-state index contributed by atoms with van der Waals surface area (Å²) in [5.41, 5.74) is 1.53. The zero-order chi connectivity index (χ0) is 20.7. The summed E-state index contributed by atoms with van der Waals surface area (Å²) >= 11 is 5.54. The van der Waals surface area contributed by atoms with E-state index in [1.54, 1.807) is 18.2 Å². The minimum atomic E-state index is -3.51. The van der Waals surface area contributed by atoms with Crippen molar-refractivity contribution >= 4 is 38.7 Å². The molecule has 2 rings (SSSR count). The summed E-state index contributed by atoms with van der Waals surface area (Å²) in [6.07, 6.45) is 6.93. The second-order valence-electron chi connectivity index (χ2n) is 7.74. The minimum Gasteiger partial charge on any atom is -0.383 e. The van der Waals surface area contributed by atoms with Crippen LogP contribution in [-0.2, 0) is 10.0 Å². The molecule has 1 aliphatic rings. The highest BCUT2D eigenvalue weighted by Crippen LogP contribution is 2.28. The summed E-state index contributed by atoms with van der Waals surface area (Å²) in [5.74, 6) is 0.580. The van der Waals surface area contributed by atoms with Gasteiger partial charge in [-0.3, -0.25) is 0 Å². The van der Waals surface area contributed by atoms with Crippen LogP contribution >= 0.6 is 12.2 Å². The highest BCUT2D eigenvalue weighted by molar-refractivity contribution is 7.89. The van der Waals surface area contributed by atoms with Crippen LogP contribution in [-0.4, -0.2) is 44.5 Å². The fraction of sp³-hybridized carbons (Fsp3) is 0.650. The van der Waals surface area contributed by atoms with E-state index in [9.17, 15) is 8.42 Å². The van der Waals surface area contributed by atoms with E-state index in [1.165, 1.54) is 37.7 Å². The van der Waals surface area contributed by atoms with Crippen LogP contribution in [0.1, 0.15) is 52.4 Å². The second-order valence-corrected chi connectivity index (χ2v) is 10.3. The SMILES string of the molecule is CCCCNc1ccc(S(=O)(=O)N(C)C)cc1NC(=S)N[C@@H]1CCCC[C@@H]1C. The van der Waals surface area contributed by atoms with E-state index in [4.69, 9.17) is 12.2 Å². The predicted molar refractivity (Wildman–Crippen MR) is 121 cm³/mol. The minimum absolute atomic E-state index is 0.245. The van der Waals surface area contributed by atoms with Crippen molar-refractivity contribution in [3.8, 4) is 0 Å².